The van der Waals surface area contributed by atoms with Crippen molar-refractivity contribution in [3.05, 3.63) is 45.9 Å². The van der Waals surface area contributed by atoms with Crippen molar-refractivity contribution in [2.45, 2.75) is 6.92 Å². The van der Waals surface area contributed by atoms with E-state index in [1.165, 1.54) is 11.3 Å². The van der Waals surface area contributed by atoms with Crippen LogP contribution in [0.15, 0.2) is 30.5 Å². The van der Waals surface area contributed by atoms with E-state index in [0.29, 0.717) is 10.6 Å². The number of rotatable bonds is 6. The molecule has 0 saturated carbocycles. The number of nitrogens with one attached hydrogen (secondary N) is 2. The molecular formula is C14H14N2O4S. The van der Waals surface area contributed by atoms with Gasteiger partial charge in [0, 0.05) is 11.1 Å². The molecule has 0 saturated heterocycles. The maximum absolute atomic E-state index is 11.7. The van der Waals surface area contributed by atoms with Crippen LogP contribution >= 0.6 is 11.3 Å². The Balaban J connectivity index is 1.72. The topological polar surface area (TPSA) is 88.3 Å². The molecule has 0 atom stereocenters. The van der Waals surface area contributed by atoms with E-state index in [1.807, 2.05) is 13.0 Å². The van der Waals surface area contributed by atoms with Crippen molar-refractivity contribution in [2.24, 2.45) is 0 Å². The fraction of sp³-hybridized carbons (Fsp3) is 0.214. The van der Waals surface area contributed by atoms with Gasteiger partial charge in [0.25, 0.3) is 5.91 Å². The van der Waals surface area contributed by atoms with Crippen molar-refractivity contribution >= 4 is 29.0 Å². The molecule has 1 amide bonds. The number of thiophene rings is 1. The molecule has 0 aliphatic rings. The number of H-pyrrole nitrogens is 1. The monoisotopic (exact) mass is 306 g/mol. The minimum atomic E-state index is -0.656. The van der Waals surface area contributed by atoms with Gasteiger partial charge in [-0.05, 0) is 31.2 Å². The lowest BCUT2D eigenvalue weighted by Crippen LogP contribution is -2.31. The molecule has 2 N–H and O–H groups in total. The molecular weight excluding hydrogens is 292 g/mol. The van der Waals surface area contributed by atoms with E-state index < -0.39 is 5.97 Å². The summed E-state index contributed by atoms with van der Waals surface area (Å²) in [4.78, 5) is 39.0. The first-order valence-corrected chi connectivity index (χ1v) is 7.05. The number of ketones is 1. The van der Waals surface area contributed by atoms with Gasteiger partial charge < -0.3 is 15.0 Å². The zero-order chi connectivity index (χ0) is 15.2. The summed E-state index contributed by atoms with van der Waals surface area (Å²) in [5.74, 6) is -1.31. The number of ether oxygens (including phenoxy) is 1. The molecule has 2 aromatic heterocycles. The van der Waals surface area contributed by atoms with Crippen molar-refractivity contribution in [3.8, 4) is 0 Å². The summed E-state index contributed by atoms with van der Waals surface area (Å²) in [6, 6.07) is 6.79. The molecule has 2 heterocycles. The molecule has 0 aromatic carbocycles. The maximum atomic E-state index is 11.7. The quantitative estimate of drug-likeness (QED) is 0.626. The Kier molecular flexibility index (Phi) is 4.89. The molecule has 0 aliphatic heterocycles. The fourth-order valence-electron chi connectivity index (χ4n) is 1.57. The Bertz CT molecular complexity index is 646. The van der Waals surface area contributed by atoms with Crippen molar-refractivity contribution in [3.63, 3.8) is 0 Å². The molecule has 2 rings (SSSR count). The van der Waals surface area contributed by atoms with Gasteiger partial charge in [-0.3, -0.25) is 14.4 Å². The first-order valence-electron chi connectivity index (χ1n) is 6.23. The predicted octanol–water partition coefficient (Wildman–Crippen LogP) is 1.54. The highest BCUT2D eigenvalue weighted by Gasteiger charge is 2.13. The van der Waals surface area contributed by atoms with Crippen LogP contribution in [0.4, 0.5) is 0 Å². The van der Waals surface area contributed by atoms with Gasteiger partial charge in [0.15, 0.2) is 6.61 Å². The summed E-state index contributed by atoms with van der Waals surface area (Å²) in [5, 5.41) is 2.45. The van der Waals surface area contributed by atoms with Gasteiger partial charge in [0.1, 0.15) is 6.54 Å². The van der Waals surface area contributed by atoms with E-state index >= 15 is 0 Å². The van der Waals surface area contributed by atoms with E-state index in [9.17, 15) is 14.4 Å². The lowest BCUT2D eigenvalue weighted by Gasteiger charge is -2.04. The molecule has 0 fully saturated rings. The van der Waals surface area contributed by atoms with Crippen LogP contribution in [0.5, 0.6) is 0 Å². The highest BCUT2D eigenvalue weighted by Crippen LogP contribution is 2.14. The van der Waals surface area contributed by atoms with Gasteiger partial charge in [-0.15, -0.1) is 11.3 Å². The van der Waals surface area contributed by atoms with Crippen LogP contribution in [-0.4, -0.2) is 35.8 Å². The normalized spacial score (nSPS) is 10.1. The van der Waals surface area contributed by atoms with Gasteiger partial charge in [0.05, 0.1) is 10.6 Å². The number of aromatic nitrogens is 1. The van der Waals surface area contributed by atoms with Crippen LogP contribution in [0.25, 0.3) is 0 Å². The van der Waals surface area contributed by atoms with E-state index in [2.05, 4.69) is 10.3 Å². The number of amides is 1. The Morgan fingerprint density at radius 2 is 2.10 bits per heavy atom. The summed E-state index contributed by atoms with van der Waals surface area (Å²) in [5.41, 5.74) is 0.376. The molecule has 0 spiro atoms. The third-order valence-electron chi connectivity index (χ3n) is 2.62. The number of Topliss-reactive ketones (excluding diaryl/α,β-unsaturated/α-hetero) is 1. The predicted molar refractivity (Wildman–Crippen MR) is 77.5 cm³/mol. The summed E-state index contributed by atoms with van der Waals surface area (Å²) >= 11 is 1.34. The molecule has 0 bridgehead atoms. The summed E-state index contributed by atoms with van der Waals surface area (Å²) < 4.78 is 4.80. The van der Waals surface area contributed by atoms with Gasteiger partial charge in [-0.2, -0.15) is 0 Å². The molecule has 110 valence electrons. The number of esters is 1. The number of aryl methyl sites for hydroxylation is 1. The highest BCUT2D eigenvalue weighted by molar-refractivity contribution is 7.13. The van der Waals surface area contributed by atoms with Crippen LogP contribution in [0.2, 0.25) is 0 Å². The van der Waals surface area contributed by atoms with Crippen molar-refractivity contribution < 1.29 is 19.1 Å². The van der Waals surface area contributed by atoms with E-state index in [0.717, 1.165) is 4.88 Å². The zero-order valence-electron chi connectivity index (χ0n) is 11.3. The first-order chi connectivity index (χ1) is 10.1. The number of hydrogen-bond donors (Lipinski definition) is 2. The molecule has 21 heavy (non-hydrogen) atoms. The largest absolute Gasteiger partial charge is 0.456 e. The molecule has 6 nitrogen and oxygen atoms in total. The van der Waals surface area contributed by atoms with E-state index in [4.69, 9.17) is 4.74 Å². The van der Waals surface area contributed by atoms with Crippen LogP contribution < -0.4 is 5.32 Å². The second kappa shape index (κ2) is 6.85. The number of carbonyl (C=O) groups is 3. The molecule has 0 radical (unpaired) electrons. The van der Waals surface area contributed by atoms with E-state index in [-0.39, 0.29) is 24.8 Å². The average molecular weight is 306 g/mol. The Morgan fingerprint density at radius 3 is 2.71 bits per heavy atom. The number of hydrogen-bond acceptors (Lipinski definition) is 5. The van der Waals surface area contributed by atoms with Crippen LogP contribution in [-0.2, 0) is 9.53 Å². The second-order valence-corrected chi connectivity index (χ2v) is 5.55. The van der Waals surface area contributed by atoms with E-state index in [1.54, 1.807) is 24.4 Å². The summed E-state index contributed by atoms with van der Waals surface area (Å²) in [6.07, 6.45) is 1.61. The summed E-state index contributed by atoms with van der Waals surface area (Å²) in [6.45, 7) is 1.27. The van der Waals surface area contributed by atoms with Gasteiger partial charge >= 0.3 is 5.97 Å². The Morgan fingerprint density at radius 1 is 1.29 bits per heavy atom. The molecule has 2 aromatic rings. The van der Waals surface area contributed by atoms with Crippen LogP contribution in [0.1, 0.15) is 25.0 Å². The van der Waals surface area contributed by atoms with Crippen molar-refractivity contribution in [1.29, 1.82) is 0 Å². The third-order valence-corrected chi connectivity index (χ3v) is 3.62. The molecule has 0 aliphatic carbocycles. The minimum absolute atomic E-state index is 0.270. The lowest BCUT2D eigenvalue weighted by atomic mass is 10.3. The van der Waals surface area contributed by atoms with Crippen molar-refractivity contribution in [1.82, 2.24) is 10.3 Å². The standard InChI is InChI=1S/C14H14N2O4S/c1-9-4-5-12(21-9)14(19)16-7-13(18)20-8-11(17)10-3-2-6-15-10/h2-6,15H,7-8H2,1H3,(H,16,19). The molecule has 0 unspecified atom stereocenters. The number of aromatic amines is 1. The minimum Gasteiger partial charge on any atom is -0.456 e. The lowest BCUT2D eigenvalue weighted by molar-refractivity contribution is -0.141. The van der Waals surface area contributed by atoms with Crippen molar-refractivity contribution in [2.75, 3.05) is 13.2 Å². The molecule has 7 heteroatoms. The Hall–Kier alpha value is -2.41. The van der Waals surface area contributed by atoms with Crippen LogP contribution in [0.3, 0.4) is 0 Å². The first kappa shape index (κ1) is 15.0. The summed E-state index contributed by atoms with van der Waals surface area (Å²) in [7, 11) is 0. The fourth-order valence-corrected chi connectivity index (χ4v) is 2.36. The van der Waals surface area contributed by atoms with Crippen LogP contribution in [0, 0.1) is 6.92 Å². The Labute approximate surface area is 125 Å². The second-order valence-electron chi connectivity index (χ2n) is 4.26. The van der Waals surface area contributed by atoms with Gasteiger partial charge in [-0.25, -0.2) is 0 Å². The highest BCUT2D eigenvalue weighted by atomic mass is 32.1. The van der Waals surface area contributed by atoms with Gasteiger partial charge in [-0.1, -0.05) is 0 Å². The average Bonchev–Trinajstić information content (AvgIpc) is 3.13. The van der Waals surface area contributed by atoms with Gasteiger partial charge in [0.2, 0.25) is 5.78 Å². The maximum Gasteiger partial charge on any atom is 0.325 e. The smallest absolute Gasteiger partial charge is 0.325 e. The number of carbonyl (C=O) groups excluding carboxylic acids is 3. The zero-order valence-corrected chi connectivity index (χ0v) is 12.2. The SMILES string of the molecule is Cc1ccc(C(=O)NCC(=O)OCC(=O)c2ccc[nH]2)s1. The third kappa shape index (κ3) is 4.28.